The number of nitrogens with one attached hydrogen (secondary N) is 1. The lowest BCUT2D eigenvalue weighted by molar-refractivity contribution is -0.128. The summed E-state index contributed by atoms with van der Waals surface area (Å²) in [5.41, 5.74) is -0.0665. The Hall–Kier alpha value is -1.24. The largest absolute Gasteiger partial charge is 0.348 e. The lowest BCUT2D eigenvalue weighted by Crippen LogP contribution is -2.39. The van der Waals surface area contributed by atoms with E-state index >= 15 is 0 Å². The molecule has 1 unspecified atom stereocenters. The Morgan fingerprint density at radius 1 is 1.40 bits per heavy atom. The van der Waals surface area contributed by atoms with Crippen LogP contribution in [0.25, 0.3) is 0 Å². The first-order chi connectivity index (χ1) is 9.48. The molecule has 0 aliphatic heterocycles. The van der Waals surface area contributed by atoms with Crippen molar-refractivity contribution in [1.29, 1.82) is 5.26 Å². The summed E-state index contributed by atoms with van der Waals surface area (Å²) in [4.78, 5) is 12.4. The molecule has 1 atom stereocenters. The molecular weight excluding hydrogens is 295 g/mol. The molecule has 0 bridgehead atoms. The van der Waals surface area contributed by atoms with Crippen molar-refractivity contribution in [3.05, 3.63) is 33.8 Å². The first kappa shape index (κ1) is 15.2. The van der Waals surface area contributed by atoms with Crippen LogP contribution < -0.4 is 5.32 Å². The zero-order chi connectivity index (χ0) is 14.8. The molecule has 1 saturated carbocycles. The fourth-order valence-electron chi connectivity index (χ4n) is 2.63. The molecule has 1 amide bonds. The van der Waals surface area contributed by atoms with E-state index in [1.54, 1.807) is 18.2 Å². The number of nitrogens with zero attached hydrogens (tertiary/aromatic N) is 1. The molecule has 1 N–H and O–H groups in total. The Morgan fingerprint density at radius 3 is 2.60 bits per heavy atom. The first-order valence-electron chi connectivity index (χ1n) is 6.66. The summed E-state index contributed by atoms with van der Waals surface area (Å²) in [5, 5.41) is 13.3. The van der Waals surface area contributed by atoms with E-state index in [0.717, 1.165) is 18.4 Å². The smallest absolute Gasteiger partial charge is 0.240 e. The van der Waals surface area contributed by atoms with E-state index in [-0.39, 0.29) is 11.9 Å². The van der Waals surface area contributed by atoms with Crippen molar-refractivity contribution in [2.24, 2.45) is 5.41 Å². The highest BCUT2D eigenvalue weighted by molar-refractivity contribution is 6.35. The van der Waals surface area contributed by atoms with E-state index in [1.165, 1.54) is 0 Å². The first-order valence-corrected chi connectivity index (χ1v) is 7.41. The van der Waals surface area contributed by atoms with E-state index in [9.17, 15) is 10.1 Å². The molecule has 1 aromatic rings. The fraction of sp³-hybridized carbons (Fsp3) is 0.467. The molecule has 2 rings (SSSR count). The number of rotatable bonds is 3. The van der Waals surface area contributed by atoms with Crippen molar-refractivity contribution in [3.63, 3.8) is 0 Å². The summed E-state index contributed by atoms with van der Waals surface area (Å²) < 4.78 is 0. The number of carbonyl (C=O) groups is 1. The average molecular weight is 311 g/mol. The molecule has 106 valence electrons. The molecular formula is C15H16Cl2N2O. The van der Waals surface area contributed by atoms with Crippen LogP contribution in [0.1, 0.15) is 44.2 Å². The topological polar surface area (TPSA) is 52.9 Å². The highest BCUT2D eigenvalue weighted by atomic mass is 35.5. The van der Waals surface area contributed by atoms with E-state index < -0.39 is 5.41 Å². The van der Waals surface area contributed by atoms with Gasteiger partial charge in [-0.15, -0.1) is 0 Å². The minimum atomic E-state index is -0.868. The Kier molecular flexibility index (Phi) is 4.57. The Balaban J connectivity index is 2.13. The average Bonchev–Trinajstić information content (AvgIpc) is 2.88. The highest BCUT2D eigenvalue weighted by Crippen LogP contribution is 2.38. The van der Waals surface area contributed by atoms with Gasteiger partial charge in [0, 0.05) is 10.0 Å². The van der Waals surface area contributed by atoms with Crippen LogP contribution in [0.4, 0.5) is 0 Å². The second kappa shape index (κ2) is 6.03. The van der Waals surface area contributed by atoms with Gasteiger partial charge >= 0.3 is 0 Å². The van der Waals surface area contributed by atoms with Gasteiger partial charge in [0.25, 0.3) is 0 Å². The number of carbonyl (C=O) groups excluding carboxylic acids is 1. The van der Waals surface area contributed by atoms with Gasteiger partial charge in [0.15, 0.2) is 0 Å². The van der Waals surface area contributed by atoms with Gasteiger partial charge in [-0.2, -0.15) is 5.26 Å². The van der Waals surface area contributed by atoms with Crippen molar-refractivity contribution < 1.29 is 4.79 Å². The maximum absolute atomic E-state index is 12.4. The zero-order valence-electron chi connectivity index (χ0n) is 11.2. The Morgan fingerprint density at radius 2 is 2.05 bits per heavy atom. The third-order valence-electron chi connectivity index (χ3n) is 3.88. The van der Waals surface area contributed by atoms with E-state index in [2.05, 4.69) is 11.4 Å². The van der Waals surface area contributed by atoms with Crippen LogP contribution in [0.3, 0.4) is 0 Å². The van der Waals surface area contributed by atoms with E-state index in [4.69, 9.17) is 23.2 Å². The minimum absolute atomic E-state index is 0.198. The van der Waals surface area contributed by atoms with Gasteiger partial charge in [-0.25, -0.2) is 0 Å². The molecule has 1 aromatic carbocycles. The third kappa shape index (κ3) is 2.92. The van der Waals surface area contributed by atoms with E-state index in [1.807, 2.05) is 6.92 Å². The van der Waals surface area contributed by atoms with Crippen LogP contribution in [0.5, 0.6) is 0 Å². The summed E-state index contributed by atoms with van der Waals surface area (Å²) >= 11 is 12.0. The van der Waals surface area contributed by atoms with Crippen LogP contribution in [0.2, 0.25) is 10.0 Å². The second-order valence-electron chi connectivity index (χ2n) is 5.26. The van der Waals surface area contributed by atoms with Gasteiger partial charge < -0.3 is 5.32 Å². The van der Waals surface area contributed by atoms with Gasteiger partial charge in [-0.05, 0) is 37.5 Å². The molecule has 5 heteroatoms. The zero-order valence-corrected chi connectivity index (χ0v) is 12.8. The van der Waals surface area contributed by atoms with Crippen LogP contribution in [0, 0.1) is 16.7 Å². The summed E-state index contributed by atoms with van der Waals surface area (Å²) in [6, 6.07) is 7.12. The predicted octanol–water partition coefficient (Wildman–Crippen LogP) is 4.25. The standard InChI is InChI=1S/C15H16Cl2N2O/c1-10(12-5-4-11(16)8-13(12)17)19-14(20)15(9-18)6-2-3-7-15/h4-5,8,10H,2-3,6-7H2,1H3,(H,19,20). The third-order valence-corrected chi connectivity index (χ3v) is 4.44. The Bertz CT molecular complexity index is 559. The number of amides is 1. The molecule has 0 radical (unpaired) electrons. The monoisotopic (exact) mass is 310 g/mol. The second-order valence-corrected chi connectivity index (χ2v) is 6.11. The summed E-state index contributed by atoms with van der Waals surface area (Å²) in [6.45, 7) is 1.85. The molecule has 3 nitrogen and oxygen atoms in total. The Labute approximate surface area is 128 Å². The van der Waals surface area contributed by atoms with Gasteiger partial charge in [-0.1, -0.05) is 42.1 Å². The predicted molar refractivity (Wildman–Crippen MR) is 79.5 cm³/mol. The molecule has 0 aromatic heterocycles. The fourth-order valence-corrected chi connectivity index (χ4v) is 3.21. The number of halogens is 2. The number of nitriles is 1. The molecule has 1 fully saturated rings. The van der Waals surface area contributed by atoms with E-state index in [0.29, 0.717) is 22.9 Å². The molecule has 0 saturated heterocycles. The molecule has 1 aliphatic rings. The molecule has 0 heterocycles. The van der Waals surface area contributed by atoms with Crippen molar-refractivity contribution in [2.45, 2.75) is 38.6 Å². The van der Waals surface area contributed by atoms with Gasteiger partial charge in [0.1, 0.15) is 5.41 Å². The van der Waals surface area contributed by atoms with Crippen molar-refractivity contribution in [3.8, 4) is 6.07 Å². The normalized spacial score (nSPS) is 18.3. The van der Waals surface area contributed by atoms with Gasteiger partial charge in [-0.3, -0.25) is 4.79 Å². The van der Waals surface area contributed by atoms with Gasteiger partial charge in [0.2, 0.25) is 5.91 Å². The number of hydrogen-bond donors (Lipinski definition) is 1. The van der Waals surface area contributed by atoms with Crippen LogP contribution in [0.15, 0.2) is 18.2 Å². The van der Waals surface area contributed by atoms with Crippen molar-refractivity contribution in [2.75, 3.05) is 0 Å². The number of hydrogen-bond acceptors (Lipinski definition) is 2. The molecule has 20 heavy (non-hydrogen) atoms. The van der Waals surface area contributed by atoms with Crippen LogP contribution in [-0.2, 0) is 4.79 Å². The SMILES string of the molecule is CC(NC(=O)C1(C#N)CCCC1)c1ccc(Cl)cc1Cl. The minimum Gasteiger partial charge on any atom is -0.348 e. The van der Waals surface area contributed by atoms with Gasteiger partial charge in [0.05, 0.1) is 12.1 Å². The lowest BCUT2D eigenvalue weighted by Gasteiger charge is -2.23. The highest BCUT2D eigenvalue weighted by Gasteiger charge is 2.41. The summed E-state index contributed by atoms with van der Waals surface area (Å²) in [7, 11) is 0. The summed E-state index contributed by atoms with van der Waals surface area (Å²) in [5.74, 6) is -0.198. The van der Waals surface area contributed by atoms with Crippen LogP contribution >= 0.6 is 23.2 Å². The van der Waals surface area contributed by atoms with Crippen molar-refractivity contribution in [1.82, 2.24) is 5.32 Å². The summed E-state index contributed by atoms with van der Waals surface area (Å²) in [6.07, 6.45) is 3.13. The maximum atomic E-state index is 12.4. The molecule has 1 aliphatic carbocycles. The lowest BCUT2D eigenvalue weighted by atomic mass is 9.86. The van der Waals surface area contributed by atoms with Crippen LogP contribution in [-0.4, -0.2) is 5.91 Å². The number of benzene rings is 1. The maximum Gasteiger partial charge on any atom is 0.240 e. The van der Waals surface area contributed by atoms with Crippen molar-refractivity contribution >= 4 is 29.1 Å². The quantitative estimate of drug-likeness (QED) is 0.907. The molecule has 0 spiro atoms.